The van der Waals surface area contributed by atoms with E-state index in [4.69, 9.17) is 4.98 Å². The number of hydrogen-bond donors (Lipinski definition) is 1. The van der Waals surface area contributed by atoms with E-state index >= 15 is 0 Å². The smallest absolute Gasteiger partial charge is 0.117 e. The average Bonchev–Trinajstić information content (AvgIpc) is 2.77. The lowest BCUT2D eigenvalue weighted by atomic mass is 9.75. The Morgan fingerprint density at radius 3 is 2.82 bits per heavy atom. The van der Waals surface area contributed by atoms with Gasteiger partial charge in [-0.2, -0.15) is 0 Å². The van der Waals surface area contributed by atoms with Crippen molar-refractivity contribution < 1.29 is 0 Å². The highest BCUT2D eigenvalue weighted by Crippen LogP contribution is 2.35. The molecule has 0 bridgehead atoms. The highest BCUT2D eigenvalue weighted by molar-refractivity contribution is 5.75. The maximum absolute atomic E-state index is 4.72. The van der Waals surface area contributed by atoms with E-state index in [9.17, 15) is 0 Å². The zero-order chi connectivity index (χ0) is 11.9. The second kappa shape index (κ2) is 3.59. The largest absolute Gasteiger partial charge is 0.341 e. The van der Waals surface area contributed by atoms with E-state index in [1.165, 1.54) is 0 Å². The lowest BCUT2D eigenvalue weighted by Gasteiger charge is -2.30. The Morgan fingerprint density at radius 1 is 1.24 bits per heavy atom. The maximum Gasteiger partial charge on any atom is 0.117 e. The van der Waals surface area contributed by atoms with Gasteiger partial charge in [0.2, 0.25) is 0 Å². The second-order valence-corrected chi connectivity index (χ2v) is 4.92. The summed E-state index contributed by atoms with van der Waals surface area (Å²) in [7, 11) is 0. The van der Waals surface area contributed by atoms with Gasteiger partial charge in [0, 0.05) is 5.41 Å². The molecule has 0 aliphatic heterocycles. The molecule has 1 aliphatic carbocycles. The van der Waals surface area contributed by atoms with Gasteiger partial charge in [0.25, 0.3) is 0 Å². The van der Waals surface area contributed by atoms with Gasteiger partial charge in [-0.1, -0.05) is 43.4 Å². The number of rotatable bonds is 1. The Hall–Kier alpha value is -1.83. The molecule has 1 aromatic carbocycles. The maximum atomic E-state index is 4.72. The van der Waals surface area contributed by atoms with Gasteiger partial charge >= 0.3 is 0 Å². The van der Waals surface area contributed by atoms with E-state index in [0.717, 1.165) is 16.9 Å². The Labute approximate surface area is 101 Å². The van der Waals surface area contributed by atoms with Gasteiger partial charge in [-0.15, -0.1) is 0 Å². The number of imidazole rings is 1. The van der Waals surface area contributed by atoms with Crippen molar-refractivity contribution in [1.82, 2.24) is 9.97 Å². The van der Waals surface area contributed by atoms with Crippen LogP contribution in [0.5, 0.6) is 0 Å². The molecule has 3 rings (SSSR count). The van der Waals surface area contributed by atoms with Crippen LogP contribution in [0.2, 0.25) is 0 Å². The minimum absolute atomic E-state index is 0.0340. The molecule has 0 saturated heterocycles. The number of nitrogens with one attached hydrogen (secondary N) is 1. The van der Waals surface area contributed by atoms with Crippen molar-refractivity contribution in [1.29, 1.82) is 0 Å². The number of para-hydroxylation sites is 2. The Morgan fingerprint density at radius 2 is 2.06 bits per heavy atom. The molecule has 0 saturated carbocycles. The van der Waals surface area contributed by atoms with Crippen LogP contribution in [0.3, 0.4) is 0 Å². The molecule has 0 spiro atoms. The van der Waals surface area contributed by atoms with E-state index in [-0.39, 0.29) is 5.41 Å². The number of H-pyrrole nitrogens is 1. The standard InChI is InChI=1S/C15H16N2/c1-11-7-5-6-10-15(11,2)14-16-12-8-3-4-9-13(12)17-14/h3-11H,1-2H3,(H,16,17). The number of benzene rings is 1. The highest BCUT2D eigenvalue weighted by atomic mass is 14.9. The zero-order valence-electron chi connectivity index (χ0n) is 10.1. The summed E-state index contributed by atoms with van der Waals surface area (Å²) < 4.78 is 0. The van der Waals surface area contributed by atoms with E-state index in [1.807, 2.05) is 18.2 Å². The molecule has 1 aromatic heterocycles. The second-order valence-electron chi connectivity index (χ2n) is 4.92. The number of aromatic nitrogens is 2. The van der Waals surface area contributed by atoms with Crippen molar-refractivity contribution in [2.24, 2.45) is 5.92 Å². The fourth-order valence-electron chi connectivity index (χ4n) is 2.34. The van der Waals surface area contributed by atoms with E-state index in [0.29, 0.717) is 5.92 Å². The molecule has 2 heteroatoms. The van der Waals surface area contributed by atoms with Crippen molar-refractivity contribution in [2.45, 2.75) is 19.3 Å². The van der Waals surface area contributed by atoms with Gasteiger partial charge in [0.1, 0.15) is 5.82 Å². The van der Waals surface area contributed by atoms with Crippen LogP contribution >= 0.6 is 0 Å². The van der Waals surface area contributed by atoms with Crippen LogP contribution in [0.25, 0.3) is 11.0 Å². The minimum atomic E-state index is -0.0340. The molecule has 0 amide bonds. The topological polar surface area (TPSA) is 28.7 Å². The molecular formula is C15H16N2. The summed E-state index contributed by atoms with van der Waals surface area (Å²) in [6, 6.07) is 8.18. The van der Waals surface area contributed by atoms with Crippen molar-refractivity contribution in [3.63, 3.8) is 0 Å². The van der Waals surface area contributed by atoms with E-state index in [1.54, 1.807) is 0 Å². The molecule has 0 fully saturated rings. The van der Waals surface area contributed by atoms with Crippen molar-refractivity contribution in [2.75, 3.05) is 0 Å². The quantitative estimate of drug-likeness (QED) is 0.788. The van der Waals surface area contributed by atoms with Gasteiger partial charge < -0.3 is 4.98 Å². The predicted octanol–water partition coefficient (Wildman–Crippen LogP) is 3.58. The van der Waals surface area contributed by atoms with E-state index < -0.39 is 0 Å². The van der Waals surface area contributed by atoms with Crippen LogP contribution in [0.1, 0.15) is 19.7 Å². The minimum Gasteiger partial charge on any atom is -0.341 e. The van der Waals surface area contributed by atoms with Crippen LogP contribution in [-0.2, 0) is 5.41 Å². The summed E-state index contributed by atoms with van der Waals surface area (Å²) >= 11 is 0. The molecule has 1 aliphatic rings. The van der Waals surface area contributed by atoms with Crippen molar-refractivity contribution in [3.8, 4) is 0 Å². The Kier molecular flexibility index (Phi) is 2.18. The molecule has 1 N–H and O–H groups in total. The zero-order valence-corrected chi connectivity index (χ0v) is 10.1. The van der Waals surface area contributed by atoms with Crippen LogP contribution in [-0.4, -0.2) is 9.97 Å². The molecule has 86 valence electrons. The van der Waals surface area contributed by atoms with Gasteiger partial charge in [-0.3, -0.25) is 0 Å². The SMILES string of the molecule is CC1C=CC=CC1(C)c1nc2ccccc2[nH]1. The predicted molar refractivity (Wildman–Crippen MR) is 70.9 cm³/mol. The first kappa shape index (κ1) is 10.3. The monoisotopic (exact) mass is 224 g/mol. The summed E-state index contributed by atoms with van der Waals surface area (Å²) in [4.78, 5) is 8.16. The van der Waals surface area contributed by atoms with Gasteiger partial charge in [-0.05, 0) is 25.0 Å². The third-order valence-corrected chi connectivity index (χ3v) is 3.80. The molecule has 2 aromatic rings. The molecule has 2 atom stereocenters. The highest BCUT2D eigenvalue weighted by Gasteiger charge is 2.33. The fourth-order valence-corrected chi connectivity index (χ4v) is 2.34. The van der Waals surface area contributed by atoms with Gasteiger partial charge in [0.05, 0.1) is 11.0 Å². The third kappa shape index (κ3) is 1.52. The Balaban J connectivity index is 2.14. The lowest BCUT2D eigenvalue weighted by Crippen LogP contribution is -2.29. The number of fused-ring (bicyclic) bond motifs is 1. The molecule has 1 heterocycles. The summed E-state index contributed by atoms with van der Waals surface area (Å²) in [6.45, 7) is 4.46. The van der Waals surface area contributed by atoms with E-state index in [2.05, 4.69) is 49.2 Å². The van der Waals surface area contributed by atoms with Crippen molar-refractivity contribution >= 4 is 11.0 Å². The Bertz CT molecular complexity index is 573. The van der Waals surface area contributed by atoms with Crippen LogP contribution in [0, 0.1) is 5.92 Å². The summed E-state index contributed by atoms with van der Waals surface area (Å²) in [6.07, 6.45) is 8.67. The van der Waals surface area contributed by atoms with Gasteiger partial charge in [0.15, 0.2) is 0 Å². The number of aromatic amines is 1. The number of nitrogens with zero attached hydrogens (tertiary/aromatic N) is 1. The fraction of sp³-hybridized carbons (Fsp3) is 0.267. The summed E-state index contributed by atoms with van der Waals surface area (Å²) in [5.74, 6) is 1.50. The first-order valence-corrected chi connectivity index (χ1v) is 6.01. The average molecular weight is 224 g/mol. The summed E-state index contributed by atoms with van der Waals surface area (Å²) in [5.41, 5.74) is 2.12. The normalized spacial score (nSPS) is 27.8. The number of allylic oxidation sites excluding steroid dienone is 4. The first-order chi connectivity index (χ1) is 8.20. The first-order valence-electron chi connectivity index (χ1n) is 6.01. The van der Waals surface area contributed by atoms with Crippen LogP contribution < -0.4 is 0 Å². The molecular weight excluding hydrogens is 208 g/mol. The third-order valence-electron chi connectivity index (χ3n) is 3.80. The number of hydrogen-bond acceptors (Lipinski definition) is 1. The molecule has 2 nitrogen and oxygen atoms in total. The van der Waals surface area contributed by atoms with Crippen molar-refractivity contribution in [3.05, 3.63) is 54.4 Å². The molecule has 2 unspecified atom stereocenters. The van der Waals surface area contributed by atoms with Crippen LogP contribution in [0.15, 0.2) is 48.6 Å². The lowest BCUT2D eigenvalue weighted by molar-refractivity contribution is 0.436. The molecule has 0 radical (unpaired) electrons. The molecule has 17 heavy (non-hydrogen) atoms. The van der Waals surface area contributed by atoms with Gasteiger partial charge in [-0.25, -0.2) is 4.98 Å². The summed E-state index contributed by atoms with van der Waals surface area (Å²) in [5, 5.41) is 0. The van der Waals surface area contributed by atoms with Crippen LogP contribution in [0.4, 0.5) is 0 Å².